The van der Waals surface area contributed by atoms with E-state index >= 15 is 0 Å². The highest BCUT2D eigenvalue weighted by molar-refractivity contribution is 4.95. The van der Waals surface area contributed by atoms with Gasteiger partial charge in [-0.05, 0) is 6.42 Å². The molecule has 0 heterocycles. The van der Waals surface area contributed by atoms with Gasteiger partial charge < -0.3 is 0 Å². The highest BCUT2D eigenvalue weighted by atomic mass is 14.9. The maximum atomic E-state index is 8.73. The molecule has 0 amide bonds. The quantitative estimate of drug-likeness (QED) is 0.478. The summed E-state index contributed by atoms with van der Waals surface area (Å²) in [5.41, 5.74) is 0. The number of nitrogens with zero attached hydrogens (tertiary/aromatic N) is 1. The number of unbranched alkanes of at least 4 members (excludes halogenated alkanes) is 3. The van der Waals surface area contributed by atoms with Crippen molar-refractivity contribution in [2.45, 2.75) is 45.1 Å². The van der Waals surface area contributed by atoms with Gasteiger partial charge in [-0.15, -0.1) is 6.42 Å². The van der Waals surface area contributed by atoms with Crippen LogP contribution in [0.15, 0.2) is 0 Å². The third kappa shape index (κ3) is 7.37. The maximum absolute atomic E-state index is 8.73. The molecule has 0 saturated carbocycles. The molecule has 0 aliphatic carbocycles. The minimum absolute atomic E-state index is 0.0621. The highest BCUT2D eigenvalue weighted by Crippen LogP contribution is 2.04. The van der Waals surface area contributed by atoms with Gasteiger partial charge in [-0.25, -0.2) is 0 Å². The van der Waals surface area contributed by atoms with Gasteiger partial charge in [-0.1, -0.05) is 38.5 Å². The predicted molar refractivity (Wildman–Crippen MR) is 55.0 cm³/mol. The Kier molecular flexibility index (Phi) is 8.41. The average molecular weight is 178 g/mol. The molecule has 0 aromatic rings. The van der Waals surface area contributed by atoms with Crippen molar-refractivity contribution in [3.63, 3.8) is 0 Å². The number of nitrogens with one attached hydrogen (secondary N) is 1. The molecule has 0 bridgehead atoms. The summed E-state index contributed by atoms with van der Waals surface area (Å²) >= 11 is 0. The first-order valence-electron chi connectivity index (χ1n) is 4.91. The summed E-state index contributed by atoms with van der Waals surface area (Å²) in [6.45, 7) is 2.67. The first-order chi connectivity index (χ1) is 6.35. The topological polar surface area (TPSA) is 35.8 Å². The highest BCUT2D eigenvalue weighted by Gasteiger charge is 2.03. The summed E-state index contributed by atoms with van der Waals surface area (Å²) in [7, 11) is 0. The van der Waals surface area contributed by atoms with E-state index in [1.807, 2.05) is 0 Å². The lowest BCUT2D eigenvalue weighted by Crippen LogP contribution is -2.27. The zero-order chi connectivity index (χ0) is 9.94. The van der Waals surface area contributed by atoms with Crippen molar-refractivity contribution in [1.29, 1.82) is 5.26 Å². The van der Waals surface area contributed by atoms with Gasteiger partial charge in [-0.3, -0.25) is 5.32 Å². The fourth-order valence-corrected chi connectivity index (χ4v) is 1.17. The number of hydrogen-bond donors (Lipinski definition) is 1. The van der Waals surface area contributed by atoms with Crippen LogP contribution in [0.5, 0.6) is 0 Å². The van der Waals surface area contributed by atoms with Crippen molar-refractivity contribution in [2.24, 2.45) is 0 Å². The molecule has 0 spiro atoms. The molecule has 13 heavy (non-hydrogen) atoms. The van der Waals surface area contributed by atoms with Gasteiger partial charge in [0.1, 0.15) is 0 Å². The van der Waals surface area contributed by atoms with Gasteiger partial charge in [0.05, 0.1) is 18.7 Å². The summed E-state index contributed by atoms with van der Waals surface area (Å²) in [6, 6.07) is 2.14. The molecule has 1 N–H and O–H groups in total. The first-order valence-corrected chi connectivity index (χ1v) is 4.91. The Balaban J connectivity index is 3.39. The minimum atomic E-state index is -0.0621. The lowest BCUT2D eigenvalue weighted by Gasteiger charge is -2.07. The third-order valence-corrected chi connectivity index (χ3v) is 1.95. The van der Waals surface area contributed by atoms with Crippen molar-refractivity contribution in [1.82, 2.24) is 5.32 Å². The normalized spacial score (nSPS) is 11.6. The Morgan fingerprint density at radius 2 is 2.15 bits per heavy atom. The van der Waals surface area contributed by atoms with Crippen molar-refractivity contribution in [3.8, 4) is 18.4 Å². The third-order valence-electron chi connectivity index (χ3n) is 1.95. The van der Waals surface area contributed by atoms with E-state index in [1.165, 1.54) is 19.3 Å². The summed E-state index contributed by atoms with van der Waals surface area (Å²) in [5, 5.41) is 11.7. The van der Waals surface area contributed by atoms with Crippen LogP contribution >= 0.6 is 0 Å². The number of hydrogen-bond acceptors (Lipinski definition) is 2. The van der Waals surface area contributed by atoms with Crippen LogP contribution in [0.1, 0.15) is 39.0 Å². The summed E-state index contributed by atoms with van der Waals surface area (Å²) in [4.78, 5) is 0. The molecule has 72 valence electrons. The van der Waals surface area contributed by atoms with Crippen LogP contribution in [-0.4, -0.2) is 12.6 Å². The largest absolute Gasteiger partial charge is 0.291 e. The molecule has 1 unspecified atom stereocenters. The van der Waals surface area contributed by atoms with Crippen LogP contribution in [-0.2, 0) is 0 Å². The van der Waals surface area contributed by atoms with Crippen molar-refractivity contribution < 1.29 is 0 Å². The molecule has 0 aliphatic heterocycles. The summed E-state index contributed by atoms with van der Waals surface area (Å²) < 4.78 is 0. The van der Waals surface area contributed by atoms with Gasteiger partial charge >= 0.3 is 0 Å². The molecule has 1 atom stereocenters. The molecular formula is C11H18N2. The van der Waals surface area contributed by atoms with Crippen LogP contribution in [0.4, 0.5) is 0 Å². The molecule has 0 radical (unpaired) electrons. The van der Waals surface area contributed by atoms with Crippen LogP contribution in [0, 0.1) is 23.7 Å². The summed E-state index contributed by atoms with van der Waals surface area (Å²) in [6.07, 6.45) is 10.8. The second kappa shape index (κ2) is 9.10. The van der Waals surface area contributed by atoms with E-state index in [1.54, 1.807) is 0 Å². The molecule has 0 rings (SSSR count). The van der Waals surface area contributed by atoms with Crippen molar-refractivity contribution >= 4 is 0 Å². The molecule has 2 nitrogen and oxygen atoms in total. The maximum Gasteiger partial charge on any atom is 0.0960 e. The van der Waals surface area contributed by atoms with E-state index in [2.05, 4.69) is 24.2 Å². The van der Waals surface area contributed by atoms with Gasteiger partial charge in [0.15, 0.2) is 0 Å². The van der Waals surface area contributed by atoms with Gasteiger partial charge in [-0.2, -0.15) is 5.26 Å². The van der Waals surface area contributed by atoms with Crippen LogP contribution in [0.2, 0.25) is 0 Å². The molecule has 2 heteroatoms. The molecule has 0 aliphatic rings. The van der Waals surface area contributed by atoms with E-state index in [9.17, 15) is 0 Å². The van der Waals surface area contributed by atoms with Crippen molar-refractivity contribution in [3.05, 3.63) is 0 Å². The van der Waals surface area contributed by atoms with E-state index < -0.39 is 0 Å². The zero-order valence-corrected chi connectivity index (χ0v) is 8.34. The lowest BCUT2D eigenvalue weighted by atomic mass is 10.1. The standard InChI is InChI=1S/C11H18N2/c1-3-5-6-7-8-11(10-12)13-9-4-2/h2,11,13H,3,5-9H2,1H3. The second-order valence-corrected chi connectivity index (χ2v) is 3.12. The Hall–Kier alpha value is -0.990. The zero-order valence-electron chi connectivity index (χ0n) is 8.34. The summed E-state index contributed by atoms with van der Waals surface area (Å²) in [5.74, 6) is 2.47. The van der Waals surface area contributed by atoms with E-state index in [4.69, 9.17) is 11.7 Å². The van der Waals surface area contributed by atoms with Gasteiger partial charge in [0.2, 0.25) is 0 Å². The number of terminal acetylenes is 1. The molecular weight excluding hydrogens is 160 g/mol. The van der Waals surface area contributed by atoms with E-state index in [0.29, 0.717) is 6.54 Å². The van der Waals surface area contributed by atoms with Gasteiger partial charge in [0.25, 0.3) is 0 Å². The lowest BCUT2D eigenvalue weighted by molar-refractivity contribution is 0.546. The van der Waals surface area contributed by atoms with Crippen molar-refractivity contribution in [2.75, 3.05) is 6.54 Å². The van der Waals surface area contributed by atoms with E-state index in [-0.39, 0.29) is 6.04 Å². The Morgan fingerprint density at radius 3 is 2.69 bits per heavy atom. The smallest absolute Gasteiger partial charge is 0.0960 e. The molecule has 0 aromatic heterocycles. The Morgan fingerprint density at radius 1 is 1.38 bits per heavy atom. The van der Waals surface area contributed by atoms with Gasteiger partial charge in [0, 0.05) is 0 Å². The molecule has 0 aromatic carbocycles. The molecule has 0 fully saturated rings. The Bertz CT molecular complexity index is 185. The number of nitriles is 1. The fraction of sp³-hybridized carbons (Fsp3) is 0.727. The number of rotatable bonds is 7. The predicted octanol–water partition coefficient (Wildman–Crippen LogP) is 2.07. The van der Waals surface area contributed by atoms with E-state index in [0.717, 1.165) is 12.8 Å². The average Bonchev–Trinajstić information content (AvgIpc) is 2.17. The first kappa shape index (κ1) is 12.0. The molecule has 0 saturated heterocycles. The second-order valence-electron chi connectivity index (χ2n) is 3.12. The SMILES string of the molecule is C#CCNC(C#N)CCCCCC. The van der Waals surface area contributed by atoms with Crippen LogP contribution in [0.3, 0.4) is 0 Å². The fourth-order valence-electron chi connectivity index (χ4n) is 1.17. The van der Waals surface area contributed by atoms with Crippen LogP contribution < -0.4 is 5.32 Å². The van der Waals surface area contributed by atoms with Crippen LogP contribution in [0.25, 0.3) is 0 Å². The minimum Gasteiger partial charge on any atom is -0.291 e. The monoisotopic (exact) mass is 178 g/mol. The Labute approximate surface area is 81.3 Å².